The minimum Gasteiger partial charge on any atom is -0.331 e. The van der Waals surface area contributed by atoms with Crippen LogP contribution in [-0.4, -0.2) is 59.4 Å². The van der Waals surface area contributed by atoms with Gasteiger partial charge in [0.05, 0.1) is 6.04 Å². The van der Waals surface area contributed by atoms with Crippen molar-refractivity contribution < 1.29 is 4.79 Å². The van der Waals surface area contributed by atoms with Gasteiger partial charge in [-0.2, -0.15) is 0 Å². The van der Waals surface area contributed by atoms with Crippen LogP contribution in [0, 0.1) is 18.8 Å². The summed E-state index contributed by atoms with van der Waals surface area (Å²) in [6.45, 7) is 5.99. The lowest BCUT2D eigenvalue weighted by Gasteiger charge is -2.32. The highest BCUT2D eigenvalue weighted by Gasteiger charge is 2.49. The van der Waals surface area contributed by atoms with Crippen molar-refractivity contribution in [1.82, 2.24) is 19.7 Å². The Morgan fingerprint density at radius 2 is 1.96 bits per heavy atom. The fraction of sp³-hybridized carbons (Fsp3) is 0.455. The predicted octanol–water partition coefficient (Wildman–Crippen LogP) is 3.18. The van der Waals surface area contributed by atoms with E-state index in [0.29, 0.717) is 11.8 Å². The summed E-state index contributed by atoms with van der Waals surface area (Å²) in [5, 5.41) is 0. The van der Waals surface area contributed by atoms with Gasteiger partial charge >= 0.3 is 6.03 Å². The predicted molar refractivity (Wildman–Crippen MR) is 106 cm³/mol. The molecule has 2 saturated heterocycles. The molecule has 2 aromatic rings. The van der Waals surface area contributed by atoms with Gasteiger partial charge in [0.25, 0.3) is 0 Å². The Morgan fingerprint density at radius 1 is 1.15 bits per heavy atom. The molecule has 0 bridgehead atoms. The van der Waals surface area contributed by atoms with Gasteiger partial charge in [-0.1, -0.05) is 30.3 Å². The number of aryl methyl sites for hydroxylation is 1. The third-order valence-electron chi connectivity index (χ3n) is 6.00. The molecule has 2 amide bonds. The Labute approximate surface area is 161 Å². The van der Waals surface area contributed by atoms with E-state index in [9.17, 15) is 4.79 Å². The highest BCUT2D eigenvalue weighted by molar-refractivity contribution is 5.75. The second-order valence-electron chi connectivity index (χ2n) is 8.11. The first-order chi connectivity index (χ1) is 13.0. The largest absolute Gasteiger partial charge is 0.331 e. The van der Waals surface area contributed by atoms with E-state index < -0.39 is 0 Å². The van der Waals surface area contributed by atoms with Crippen LogP contribution in [0.5, 0.6) is 0 Å². The van der Waals surface area contributed by atoms with Gasteiger partial charge in [-0.3, -0.25) is 9.88 Å². The molecule has 4 rings (SSSR count). The zero-order valence-corrected chi connectivity index (χ0v) is 16.4. The van der Waals surface area contributed by atoms with E-state index in [-0.39, 0.29) is 12.1 Å². The molecule has 0 spiro atoms. The molecule has 2 aliphatic heterocycles. The number of likely N-dealkylation sites (tertiary alicyclic amines) is 2. The van der Waals surface area contributed by atoms with Gasteiger partial charge < -0.3 is 9.80 Å². The van der Waals surface area contributed by atoms with Crippen molar-refractivity contribution in [1.29, 1.82) is 0 Å². The third kappa shape index (κ3) is 3.44. The van der Waals surface area contributed by atoms with Crippen LogP contribution in [0.25, 0.3) is 0 Å². The molecular weight excluding hydrogens is 336 g/mol. The fourth-order valence-electron chi connectivity index (χ4n) is 4.79. The minimum absolute atomic E-state index is 0.122. The summed E-state index contributed by atoms with van der Waals surface area (Å²) in [6.07, 6.45) is 3.77. The number of benzene rings is 1. The average Bonchev–Trinajstić information content (AvgIpc) is 3.19. The summed E-state index contributed by atoms with van der Waals surface area (Å²) in [5.74, 6) is 1.00. The molecule has 0 saturated carbocycles. The molecule has 3 heterocycles. The summed E-state index contributed by atoms with van der Waals surface area (Å²) in [6, 6.07) is 12.9. The number of carbonyl (C=O) groups is 1. The van der Waals surface area contributed by atoms with E-state index in [1.165, 1.54) is 16.7 Å². The van der Waals surface area contributed by atoms with Gasteiger partial charge in [-0.25, -0.2) is 4.79 Å². The topological polar surface area (TPSA) is 39.7 Å². The maximum Gasteiger partial charge on any atom is 0.320 e. The molecule has 1 aromatic heterocycles. The summed E-state index contributed by atoms with van der Waals surface area (Å²) < 4.78 is 0. The van der Waals surface area contributed by atoms with Gasteiger partial charge in [-0.05, 0) is 35.6 Å². The van der Waals surface area contributed by atoms with Gasteiger partial charge in [0.1, 0.15) is 0 Å². The first kappa shape index (κ1) is 18.0. The van der Waals surface area contributed by atoms with Crippen LogP contribution in [0.1, 0.15) is 22.7 Å². The first-order valence-corrected chi connectivity index (χ1v) is 9.69. The molecule has 2 aliphatic rings. The number of nitrogens with zero attached hydrogens (tertiary/aromatic N) is 4. The number of aromatic nitrogens is 1. The molecule has 142 valence electrons. The molecule has 1 aromatic carbocycles. The van der Waals surface area contributed by atoms with Crippen LogP contribution < -0.4 is 0 Å². The molecule has 5 nitrogen and oxygen atoms in total. The summed E-state index contributed by atoms with van der Waals surface area (Å²) in [7, 11) is 3.69. The van der Waals surface area contributed by atoms with Crippen molar-refractivity contribution >= 4 is 6.03 Å². The zero-order valence-electron chi connectivity index (χ0n) is 16.4. The molecule has 3 atom stereocenters. The summed E-state index contributed by atoms with van der Waals surface area (Å²) >= 11 is 0. The van der Waals surface area contributed by atoms with Crippen molar-refractivity contribution in [3.05, 3.63) is 65.5 Å². The van der Waals surface area contributed by atoms with Crippen LogP contribution in [0.4, 0.5) is 4.79 Å². The maximum absolute atomic E-state index is 12.9. The molecule has 27 heavy (non-hydrogen) atoms. The zero-order chi connectivity index (χ0) is 19.0. The van der Waals surface area contributed by atoms with Crippen LogP contribution >= 0.6 is 0 Å². The number of urea groups is 1. The van der Waals surface area contributed by atoms with Crippen molar-refractivity contribution in [2.75, 3.05) is 33.7 Å². The van der Waals surface area contributed by atoms with Crippen LogP contribution in [0.15, 0.2) is 48.8 Å². The molecule has 0 radical (unpaired) electrons. The molecule has 0 unspecified atom stereocenters. The van der Waals surface area contributed by atoms with E-state index in [1.54, 1.807) is 4.90 Å². The van der Waals surface area contributed by atoms with Crippen molar-refractivity contribution in [2.45, 2.75) is 19.5 Å². The third-order valence-corrected chi connectivity index (χ3v) is 6.00. The standard InChI is InChI=1S/C22H28N4O/c1-16-7-4-5-9-19(16)21-20-15-25(12-17-8-6-10-23-11-17)13-18(20)14-26(21)22(27)24(2)3/h4-11,18,20-21H,12-15H2,1-3H3/t18-,20-,21+/m1/s1. The van der Waals surface area contributed by atoms with Gasteiger partial charge in [0, 0.05) is 58.6 Å². The van der Waals surface area contributed by atoms with Crippen molar-refractivity contribution in [2.24, 2.45) is 11.8 Å². The quantitative estimate of drug-likeness (QED) is 0.840. The molecule has 0 aliphatic carbocycles. The Hall–Kier alpha value is -2.40. The number of pyridine rings is 1. The van der Waals surface area contributed by atoms with Crippen molar-refractivity contribution in [3.63, 3.8) is 0 Å². The Kier molecular flexibility index (Phi) is 4.87. The number of rotatable bonds is 3. The number of fused-ring (bicyclic) bond motifs is 1. The number of hydrogen-bond donors (Lipinski definition) is 0. The van der Waals surface area contributed by atoms with Gasteiger partial charge in [0.15, 0.2) is 0 Å². The lowest BCUT2D eigenvalue weighted by molar-refractivity contribution is 0.151. The van der Waals surface area contributed by atoms with E-state index in [0.717, 1.165) is 26.2 Å². The molecule has 5 heteroatoms. The number of amides is 2. The van der Waals surface area contributed by atoms with Gasteiger partial charge in [-0.15, -0.1) is 0 Å². The van der Waals surface area contributed by atoms with Crippen LogP contribution in [-0.2, 0) is 6.54 Å². The maximum atomic E-state index is 12.9. The van der Waals surface area contributed by atoms with E-state index >= 15 is 0 Å². The first-order valence-electron chi connectivity index (χ1n) is 9.69. The summed E-state index contributed by atoms with van der Waals surface area (Å²) in [4.78, 5) is 23.4. The van der Waals surface area contributed by atoms with E-state index in [1.807, 2.05) is 32.6 Å². The minimum atomic E-state index is 0.122. The molecule has 0 N–H and O–H groups in total. The number of hydrogen-bond acceptors (Lipinski definition) is 3. The normalized spacial score (nSPS) is 24.9. The van der Waals surface area contributed by atoms with Crippen molar-refractivity contribution in [3.8, 4) is 0 Å². The molecular formula is C22H28N4O. The second kappa shape index (κ2) is 7.31. The molecule has 2 fully saturated rings. The fourth-order valence-corrected chi connectivity index (χ4v) is 4.79. The second-order valence-corrected chi connectivity index (χ2v) is 8.11. The van der Waals surface area contributed by atoms with Crippen LogP contribution in [0.3, 0.4) is 0 Å². The summed E-state index contributed by atoms with van der Waals surface area (Å²) in [5.41, 5.74) is 3.82. The smallest absolute Gasteiger partial charge is 0.320 e. The lowest BCUT2D eigenvalue weighted by Crippen LogP contribution is -2.41. The Bertz CT molecular complexity index is 807. The highest BCUT2D eigenvalue weighted by atomic mass is 16.2. The highest BCUT2D eigenvalue weighted by Crippen LogP contribution is 2.46. The monoisotopic (exact) mass is 364 g/mol. The SMILES string of the molecule is Cc1ccccc1[C@H]1[C@@H]2CN(Cc3cccnc3)C[C@@H]2CN1C(=O)N(C)C. The Morgan fingerprint density at radius 3 is 2.67 bits per heavy atom. The van der Waals surface area contributed by atoms with Gasteiger partial charge in [0.2, 0.25) is 0 Å². The lowest BCUT2D eigenvalue weighted by atomic mass is 9.88. The average molecular weight is 364 g/mol. The van der Waals surface area contributed by atoms with Crippen LogP contribution in [0.2, 0.25) is 0 Å². The Balaban J connectivity index is 1.59. The number of carbonyl (C=O) groups excluding carboxylic acids is 1. The van der Waals surface area contributed by atoms with E-state index in [4.69, 9.17) is 0 Å². The van der Waals surface area contributed by atoms with E-state index in [2.05, 4.69) is 52.0 Å².